The van der Waals surface area contributed by atoms with Crippen LogP contribution < -0.4 is 0 Å². The molecule has 0 bridgehead atoms. The fourth-order valence-electron chi connectivity index (χ4n) is 1.26. The maximum absolute atomic E-state index is 12.5. The van der Waals surface area contributed by atoms with Crippen LogP contribution in [0.5, 0.6) is 0 Å². The van der Waals surface area contributed by atoms with Crippen LogP contribution in [-0.4, -0.2) is 24.7 Å². The highest BCUT2D eigenvalue weighted by Gasteiger charge is 2.12. The van der Waals surface area contributed by atoms with Gasteiger partial charge in [-0.2, -0.15) is 8.78 Å². The molecule has 0 amide bonds. The Labute approximate surface area is 101 Å². The monoisotopic (exact) mass is 259 g/mol. The van der Waals surface area contributed by atoms with Crippen molar-refractivity contribution in [3.8, 4) is 0 Å². The van der Waals surface area contributed by atoms with Gasteiger partial charge in [-0.3, -0.25) is 9.67 Å². The molecule has 0 aliphatic rings. The van der Waals surface area contributed by atoms with Gasteiger partial charge in [0.1, 0.15) is 11.6 Å². The lowest BCUT2D eigenvalue weighted by atomic mass is 10.5. The number of aryl methyl sites for hydroxylation is 1. The summed E-state index contributed by atoms with van der Waals surface area (Å²) in [5.74, 6) is 1.41. The molecule has 1 N–H and O–H groups in total. The van der Waals surface area contributed by atoms with Crippen LogP contribution in [0.25, 0.3) is 0 Å². The molecule has 92 valence electrons. The molecule has 8 heteroatoms. The highest BCUT2D eigenvalue weighted by Crippen LogP contribution is 2.21. The van der Waals surface area contributed by atoms with Crippen LogP contribution in [0.2, 0.25) is 0 Å². The highest BCUT2D eigenvalue weighted by atomic mass is 32.2. The Bertz CT molecular complexity index is 481. The van der Waals surface area contributed by atoms with E-state index in [1.165, 1.54) is 24.2 Å². The molecule has 0 fully saturated rings. The van der Waals surface area contributed by atoms with E-state index in [1.807, 2.05) is 6.92 Å². The summed E-state index contributed by atoms with van der Waals surface area (Å²) >= 11 is 1.28. The average Bonchev–Trinajstić information content (AvgIpc) is 2.95. The molecule has 0 radical (unpaired) electrons. The molecule has 0 aliphatic carbocycles. The molecule has 2 heterocycles. The normalized spacial score (nSPS) is 11.3. The standard InChI is InChI=1S/C9H11F2N5S/c1-2-6-13-9(15-14-6)17-5-7-12-3-4-16(7)8(10)11/h3-4,8H,2,5H2,1H3,(H,13,14,15). The summed E-state index contributed by atoms with van der Waals surface area (Å²) in [4.78, 5) is 8.05. The predicted octanol–water partition coefficient (Wildman–Crippen LogP) is 2.25. The molecule has 0 atom stereocenters. The fourth-order valence-corrected chi connectivity index (χ4v) is 2.03. The second kappa shape index (κ2) is 5.26. The molecule has 2 rings (SSSR count). The van der Waals surface area contributed by atoms with Crippen LogP contribution in [0.15, 0.2) is 17.6 Å². The van der Waals surface area contributed by atoms with Crippen LogP contribution in [-0.2, 0) is 12.2 Å². The number of nitrogens with zero attached hydrogens (tertiary/aromatic N) is 4. The third-order valence-electron chi connectivity index (χ3n) is 2.14. The summed E-state index contributed by atoms with van der Waals surface area (Å²) < 4.78 is 25.9. The molecule has 5 nitrogen and oxygen atoms in total. The van der Waals surface area contributed by atoms with Crippen LogP contribution in [0.3, 0.4) is 0 Å². The van der Waals surface area contributed by atoms with E-state index in [0.29, 0.717) is 16.7 Å². The zero-order valence-corrected chi connectivity index (χ0v) is 9.92. The number of hydrogen-bond donors (Lipinski definition) is 1. The van der Waals surface area contributed by atoms with Crippen molar-refractivity contribution in [2.24, 2.45) is 0 Å². The van der Waals surface area contributed by atoms with E-state index in [4.69, 9.17) is 0 Å². The second-order valence-electron chi connectivity index (χ2n) is 3.24. The minimum atomic E-state index is -2.56. The number of imidazole rings is 1. The maximum atomic E-state index is 12.5. The predicted molar refractivity (Wildman–Crippen MR) is 58.8 cm³/mol. The lowest BCUT2D eigenvalue weighted by molar-refractivity contribution is 0.0678. The maximum Gasteiger partial charge on any atom is 0.319 e. The molecule has 0 aromatic carbocycles. The molecule has 0 saturated heterocycles. The van der Waals surface area contributed by atoms with E-state index in [2.05, 4.69) is 20.2 Å². The second-order valence-corrected chi connectivity index (χ2v) is 4.18. The molecule has 2 aromatic heterocycles. The van der Waals surface area contributed by atoms with Crippen molar-refractivity contribution in [3.63, 3.8) is 0 Å². The van der Waals surface area contributed by atoms with Crippen LogP contribution in [0.4, 0.5) is 8.78 Å². The number of nitrogens with one attached hydrogen (secondary N) is 1. The number of halogens is 2. The fraction of sp³-hybridized carbons (Fsp3) is 0.444. The molecule has 0 aliphatic heterocycles. The van der Waals surface area contributed by atoms with Crippen molar-refractivity contribution >= 4 is 11.8 Å². The number of alkyl halides is 2. The summed E-state index contributed by atoms with van der Waals surface area (Å²) in [6.45, 7) is -0.607. The number of H-pyrrole nitrogens is 1. The topological polar surface area (TPSA) is 59.4 Å². The van der Waals surface area contributed by atoms with Crippen LogP contribution >= 0.6 is 11.8 Å². The Morgan fingerprint density at radius 2 is 2.35 bits per heavy atom. The van der Waals surface area contributed by atoms with Crippen molar-refractivity contribution in [3.05, 3.63) is 24.0 Å². The summed E-state index contributed by atoms with van der Waals surface area (Å²) in [5.41, 5.74) is 0. The zero-order chi connectivity index (χ0) is 12.3. The Kier molecular flexibility index (Phi) is 3.72. The minimum absolute atomic E-state index is 0.313. The van der Waals surface area contributed by atoms with Crippen molar-refractivity contribution in [1.82, 2.24) is 24.7 Å². The van der Waals surface area contributed by atoms with E-state index in [0.717, 1.165) is 16.8 Å². The van der Waals surface area contributed by atoms with Crippen molar-refractivity contribution in [2.75, 3.05) is 0 Å². The van der Waals surface area contributed by atoms with E-state index < -0.39 is 6.55 Å². The molecular weight excluding hydrogens is 248 g/mol. The van der Waals surface area contributed by atoms with Crippen LogP contribution in [0, 0.1) is 0 Å². The number of thioether (sulfide) groups is 1. The van der Waals surface area contributed by atoms with Crippen molar-refractivity contribution < 1.29 is 8.78 Å². The molecule has 0 unspecified atom stereocenters. The van der Waals surface area contributed by atoms with Gasteiger partial charge in [-0.25, -0.2) is 9.97 Å². The SMILES string of the molecule is CCc1nc(SCc2nccn2C(F)F)n[nH]1. The van der Waals surface area contributed by atoms with Gasteiger partial charge in [-0.05, 0) is 0 Å². The molecule has 17 heavy (non-hydrogen) atoms. The summed E-state index contributed by atoms with van der Waals surface area (Å²) in [5, 5.41) is 7.28. The van der Waals surface area contributed by atoms with Gasteiger partial charge in [-0.1, -0.05) is 18.7 Å². The Balaban J connectivity index is 1.99. The third kappa shape index (κ3) is 2.82. The third-order valence-corrected chi connectivity index (χ3v) is 2.98. The van der Waals surface area contributed by atoms with E-state index in [1.54, 1.807) is 0 Å². The number of rotatable bonds is 5. The quantitative estimate of drug-likeness (QED) is 0.837. The van der Waals surface area contributed by atoms with Crippen molar-refractivity contribution in [1.29, 1.82) is 0 Å². The number of aromatic nitrogens is 5. The van der Waals surface area contributed by atoms with Gasteiger partial charge in [0.15, 0.2) is 0 Å². The van der Waals surface area contributed by atoms with E-state index in [-0.39, 0.29) is 0 Å². The van der Waals surface area contributed by atoms with Gasteiger partial charge >= 0.3 is 6.55 Å². The average molecular weight is 259 g/mol. The summed E-state index contributed by atoms with van der Waals surface area (Å²) in [6.07, 6.45) is 3.38. The van der Waals surface area contributed by atoms with Gasteiger partial charge in [0.25, 0.3) is 0 Å². The van der Waals surface area contributed by atoms with Gasteiger partial charge in [0.2, 0.25) is 5.16 Å². The smallest absolute Gasteiger partial charge is 0.277 e. The first-order valence-electron chi connectivity index (χ1n) is 5.04. The van der Waals surface area contributed by atoms with E-state index in [9.17, 15) is 8.78 Å². The lowest BCUT2D eigenvalue weighted by Gasteiger charge is -2.04. The van der Waals surface area contributed by atoms with Gasteiger partial charge in [-0.15, -0.1) is 5.10 Å². The molecule has 0 spiro atoms. The minimum Gasteiger partial charge on any atom is -0.277 e. The first kappa shape index (κ1) is 12.0. The Hall–Kier alpha value is -1.44. The van der Waals surface area contributed by atoms with Gasteiger partial charge in [0.05, 0.1) is 5.75 Å². The zero-order valence-electron chi connectivity index (χ0n) is 9.10. The first-order valence-corrected chi connectivity index (χ1v) is 6.03. The van der Waals surface area contributed by atoms with E-state index >= 15 is 0 Å². The Morgan fingerprint density at radius 1 is 1.53 bits per heavy atom. The summed E-state index contributed by atoms with van der Waals surface area (Å²) in [7, 11) is 0. The van der Waals surface area contributed by atoms with Gasteiger partial charge < -0.3 is 0 Å². The summed E-state index contributed by atoms with van der Waals surface area (Å²) in [6, 6.07) is 0. The molecular formula is C9H11F2N5S. The largest absolute Gasteiger partial charge is 0.319 e. The lowest BCUT2D eigenvalue weighted by Crippen LogP contribution is -2.02. The number of hydrogen-bond acceptors (Lipinski definition) is 4. The number of aromatic amines is 1. The van der Waals surface area contributed by atoms with Crippen molar-refractivity contribution in [2.45, 2.75) is 30.8 Å². The highest BCUT2D eigenvalue weighted by molar-refractivity contribution is 7.98. The Morgan fingerprint density at radius 3 is 3.00 bits per heavy atom. The molecule has 0 saturated carbocycles. The van der Waals surface area contributed by atoms with Crippen LogP contribution in [0.1, 0.15) is 25.1 Å². The van der Waals surface area contributed by atoms with Gasteiger partial charge in [0, 0.05) is 18.8 Å². The first-order chi connectivity index (χ1) is 8.20. The molecule has 2 aromatic rings.